The van der Waals surface area contributed by atoms with Crippen molar-refractivity contribution in [3.05, 3.63) is 47.3 Å². The molecule has 5 rings (SSSR count). The van der Waals surface area contributed by atoms with Crippen molar-refractivity contribution in [2.45, 2.75) is 116 Å². The number of nitrogens with one attached hydrogen (secondary N) is 1. The number of nitrogens with zero attached hydrogens (tertiary/aromatic N) is 1. The molecule has 11 atom stereocenters. The SMILES string of the molecule is CNC(=O)[C@@H](C)[C@H]1C(=O)/C(=C(/C=C/C(C)=C/[C@@H](C)[C@H]2O[C@@]3(C)O[C@H](C=C[C@@]34CO4)[C@@H]2C)OC(C)=O)C(=O)N1[C@@H]1CC[C@H](OC(C)=O)[C@H](C)O1. The van der Waals surface area contributed by atoms with Crippen molar-refractivity contribution in [2.75, 3.05) is 13.7 Å². The number of hydrogen-bond acceptors (Lipinski definition) is 11. The van der Waals surface area contributed by atoms with Gasteiger partial charge in [0.25, 0.3) is 5.91 Å². The van der Waals surface area contributed by atoms with Crippen LogP contribution in [0.25, 0.3) is 0 Å². The fourth-order valence-electron chi connectivity index (χ4n) is 7.41. The number of allylic oxidation sites excluding steroid dienone is 3. The number of carbonyl (C=O) groups is 5. The summed E-state index contributed by atoms with van der Waals surface area (Å²) >= 11 is 0. The van der Waals surface area contributed by atoms with Gasteiger partial charge >= 0.3 is 11.9 Å². The topological polar surface area (TPSA) is 159 Å². The highest BCUT2D eigenvalue weighted by Gasteiger charge is 2.66. The number of fused-ring (bicyclic) bond motifs is 3. The maximum Gasteiger partial charge on any atom is 0.308 e. The Labute approximate surface area is 287 Å². The van der Waals surface area contributed by atoms with Gasteiger partial charge in [-0.3, -0.25) is 24.0 Å². The normalized spacial score (nSPS) is 38.0. The molecular weight excluding hydrogens is 636 g/mol. The van der Waals surface area contributed by atoms with E-state index in [1.54, 1.807) is 19.9 Å². The van der Waals surface area contributed by atoms with Gasteiger partial charge in [-0.15, -0.1) is 0 Å². The Morgan fingerprint density at radius 2 is 1.76 bits per heavy atom. The van der Waals surface area contributed by atoms with Crippen LogP contribution in [-0.2, 0) is 52.4 Å². The molecule has 13 heteroatoms. The molecule has 0 radical (unpaired) electrons. The summed E-state index contributed by atoms with van der Waals surface area (Å²) in [4.78, 5) is 66.2. The lowest BCUT2D eigenvalue weighted by Gasteiger charge is -2.51. The van der Waals surface area contributed by atoms with Gasteiger partial charge in [0.05, 0.1) is 30.8 Å². The number of Topliss-reactive ketones (excluding diaryl/α,β-unsaturated/α-hetero) is 1. The molecule has 5 heterocycles. The molecule has 268 valence electrons. The molecule has 0 aromatic carbocycles. The van der Waals surface area contributed by atoms with E-state index in [-0.39, 0.29) is 41.8 Å². The molecule has 0 saturated carbocycles. The smallest absolute Gasteiger partial charge is 0.308 e. The van der Waals surface area contributed by atoms with Crippen molar-refractivity contribution in [1.29, 1.82) is 0 Å². The van der Waals surface area contributed by atoms with Crippen molar-refractivity contribution in [3.63, 3.8) is 0 Å². The Balaban J connectivity index is 1.43. The molecule has 5 aliphatic rings. The minimum absolute atomic E-state index is 0.0511. The molecule has 0 aromatic heterocycles. The highest BCUT2D eigenvalue weighted by atomic mass is 16.8. The molecule has 0 aromatic rings. The van der Waals surface area contributed by atoms with Gasteiger partial charge in [-0.05, 0) is 45.8 Å². The van der Waals surface area contributed by atoms with E-state index in [1.165, 1.54) is 31.9 Å². The zero-order valence-corrected chi connectivity index (χ0v) is 29.6. The largest absolute Gasteiger partial charge is 0.460 e. The fourth-order valence-corrected chi connectivity index (χ4v) is 7.41. The van der Waals surface area contributed by atoms with Gasteiger partial charge in [0.1, 0.15) is 29.7 Å². The summed E-state index contributed by atoms with van der Waals surface area (Å²) in [5.41, 5.74) is -0.151. The maximum absolute atomic E-state index is 14.1. The van der Waals surface area contributed by atoms with Crippen LogP contribution >= 0.6 is 0 Å². The standard InChI is InChI=1S/C36H48N2O11/c1-18(16-19(2)32-20(3)25-14-15-36(17-44-36)35(8,48-25)49-32)10-11-27(47-24(7)40)29-31(41)30(21(4)33(42)37-9)38(34(29)43)28-13-12-26(22(5)45-28)46-23(6)39/h10-11,14-16,19-22,25-26,28,30,32H,12-13,17H2,1-9H3,(H,37,42)/b11-10+,18-16+,29-27+/t19-,20+,21+,22+,25-,26+,28+,30+,32-,35-,36-/m1/s1. The lowest BCUT2D eigenvalue weighted by Crippen LogP contribution is -2.61. The number of hydrogen-bond donors (Lipinski definition) is 1. The summed E-state index contributed by atoms with van der Waals surface area (Å²) in [6, 6.07) is -1.22. The molecule has 2 amide bonds. The minimum atomic E-state index is -1.22. The first-order chi connectivity index (χ1) is 23.0. The number of esters is 2. The van der Waals surface area contributed by atoms with E-state index in [9.17, 15) is 24.0 Å². The highest BCUT2D eigenvalue weighted by Crippen LogP contribution is 2.52. The Hall–Kier alpha value is -3.65. The van der Waals surface area contributed by atoms with Gasteiger partial charge in [0.2, 0.25) is 11.7 Å². The van der Waals surface area contributed by atoms with Gasteiger partial charge in [-0.1, -0.05) is 44.6 Å². The quantitative estimate of drug-likeness (QED) is 0.0724. The average Bonchev–Trinajstić information content (AvgIpc) is 3.78. The summed E-state index contributed by atoms with van der Waals surface area (Å²) in [6.07, 6.45) is 7.51. The van der Waals surface area contributed by atoms with Gasteiger partial charge in [0.15, 0.2) is 11.4 Å². The Morgan fingerprint density at radius 1 is 1.06 bits per heavy atom. The van der Waals surface area contributed by atoms with E-state index in [2.05, 4.69) is 12.2 Å². The van der Waals surface area contributed by atoms with Crippen LogP contribution in [0.4, 0.5) is 0 Å². The first-order valence-corrected chi connectivity index (χ1v) is 16.9. The van der Waals surface area contributed by atoms with E-state index >= 15 is 0 Å². The zero-order valence-electron chi connectivity index (χ0n) is 29.6. The van der Waals surface area contributed by atoms with Crippen molar-refractivity contribution in [2.24, 2.45) is 17.8 Å². The third-order valence-electron chi connectivity index (χ3n) is 10.2. The maximum atomic E-state index is 14.1. The Bertz CT molecular complexity index is 1510. The van der Waals surface area contributed by atoms with Crippen LogP contribution in [0.2, 0.25) is 0 Å². The molecule has 13 nitrogen and oxygen atoms in total. The summed E-state index contributed by atoms with van der Waals surface area (Å²) in [6.45, 7) is 14.2. The van der Waals surface area contributed by atoms with Gasteiger partial charge in [0, 0.05) is 32.7 Å². The molecule has 4 fully saturated rings. The molecule has 4 saturated heterocycles. The Kier molecular flexibility index (Phi) is 10.4. The fraction of sp³-hybridized carbons (Fsp3) is 0.639. The lowest BCUT2D eigenvalue weighted by atomic mass is 9.82. The number of carbonyl (C=O) groups excluding carboxylic acids is 5. The highest BCUT2D eigenvalue weighted by molar-refractivity contribution is 6.28. The lowest BCUT2D eigenvalue weighted by molar-refractivity contribution is -0.346. The van der Waals surface area contributed by atoms with Crippen LogP contribution in [0.5, 0.6) is 0 Å². The molecule has 5 aliphatic heterocycles. The third kappa shape index (κ3) is 7.03. The second-order valence-electron chi connectivity index (χ2n) is 13.9. The average molecular weight is 685 g/mol. The van der Waals surface area contributed by atoms with E-state index in [0.717, 1.165) is 5.57 Å². The van der Waals surface area contributed by atoms with Crippen molar-refractivity contribution >= 4 is 29.5 Å². The number of ether oxygens (including phenoxy) is 6. The van der Waals surface area contributed by atoms with Crippen molar-refractivity contribution in [3.8, 4) is 0 Å². The first-order valence-electron chi connectivity index (χ1n) is 16.9. The molecule has 1 N–H and O–H groups in total. The summed E-state index contributed by atoms with van der Waals surface area (Å²) in [5, 5.41) is 2.55. The van der Waals surface area contributed by atoms with Crippen LogP contribution in [0.1, 0.15) is 68.2 Å². The second-order valence-corrected chi connectivity index (χ2v) is 13.9. The second kappa shape index (κ2) is 13.9. The van der Waals surface area contributed by atoms with E-state index in [1.807, 2.05) is 39.0 Å². The predicted molar refractivity (Wildman–Crippen MR) is 174 cm³/mol. The molecule has 0 unspecified atom stereocenters. The van der Waals surface area contributed by atoms with E-state index < -0.39 is 71.3 Å². The van der Waals surface area contributed by atoms with Gasteiger partial charge in [-0.25, -0.2) is 0 Å². The molecule has 0 aliphatic carbocycles. The molecular formula is C36H48N2O11. The number of rotatable bonds is 9. The third-order valence-corrected chi connectivity index (χ3v) is 10.2. The van der Waals surface area contributed by atoms with E-state index in [4.69, 9.17) is 28.4 Å². The van der Waals surface area contributed by atoms with Crippen LogP contribution < -0.4 is 5.32 Å². The molecule has 1 spiro atoms. The monoisotopic (exact) mass is 684 g/mol. The first kappa shape index (κ1) is 36.6. The van der Waals surface area contributed by atoms with Crippen LogP contribution in [0.15, 0.2) is 47.3 Å². The Morgan fingerprint density at radius 3 is 2.35 bits per heavy atom. The van der Waals surface area contributed by atoms with Crippen LogP contribution in [-0.4, -0.2) is 96.2 Å². The number of amides is 2. The zero-order chi connectivity index (χ0) is 36.0. The van der Waals surface area contributed by atoms with E-state index in [0.29, 0.717) is 13.0 Å². The van der Waals surface area contributed by atoms with Crippen molar-refractivity contribution < 1.29 is 52.4 Å². The summed E-state index contributed by atoms with van der Waals surface area (Å²) in [5.74, 6) is -5.11. The molecule has 49 heavy (non-hydrogen) atoms. The van der Waals surface area contributed by atoms with Gasteiger partial charge in [-0.2, -0.15) is 0 Å². The van der Waals surface area contributed by atoms with Crippen LogP contribution in [0.3, 0.4) is 0 Å². The van der Waals surface area contributed by atoms with Crippen molar-refractivity contribution in [1.82, 2.24) is 10.2 Å². The number of ketones is 1. The summed E-state index contributed by atoms with van der Waals surface area (Å²) in [7, 11) is 1.44. The number of likely N-dealkylation sites (tertiary alicyclic amines) is 1. The molecule has 2 bridgehead atoms. The number of epoxide rings is 1. The van der Waals surface area contributed by atoms with Gasteiger partial charge < -0.3 is 38.6 Å². The minimum Gasteiger partial charge on any atom is -0.460 e. The van der Waals surface area contributed by atoms with Crippen LogP contribution in [0, 0.1) is 17.8 Å². The summed E-state index contributed by atoms with van der Waals surface area (Å²) < 4.78 is 35.5. The predicted octanol–water partition coefficient (Wildman–Crippen LogP) is 3.04.